The van der Waals surface area contributed by atoms with E-state index >= 15 is 0 Å². The molecule has 0 spiro atoms. The Morgan fingerprint density at radius 1 is 1.29 bits per heavy atom. The number of carbonyl (C=O) groups excluding carboxylic acids is 1. The molecule has 0 unspecified atom stereocenters. The number of carbonyl (C=O) groups is 1. The Morgan fingerprint density at radius 3 is 2.71 bits per heavy atom. The summed E-state index contributed by atoms with van der Waals surface area (Å²) in [6.45, 7) is 4.28. The van der Waals surface area contributed by atoms with Crippen molar-refractivity contribution in [1.29, 1.82) is 0 Å². The summed E-state index contributed by atoms with van der Waals surface area (Å²) in [5.74, 6) is 5.96. The maximum Gasteiger partial charge on any atom is 0.197 e. The number of aromatic nitrogens is 1. The average Bonchev–Trinajstić information content (AvgIpc) is 2.95. The van der Waals surface area contributed by atoms with E-state index in [0.717, 1.165) is 16.0 Å². The van der Waals surface area contributed by atoms with Gasteiger partial charge < -0.3 is 5.32 Å². The molecule has 3 N–H and O–H groups in total. The summed E-state index contributed by atoms with van der Waals surface area (Å²) in [5, 5.41) is 5.94. The molecule has 2 heterocycles. The molecule has 8 heteroatoms. The van der Waals surface area contributed by atoms with Crippen molar-refractivity contribution in [1.82, 2.24) is 9.99 Å². The van der Waals surface area contributed by atoms with E-state index in [1.165, 1.54) is 16.3 Å². The van der Waals surface area contributed by atoms with Crippen LogP contribution in [0.5, 0.6) is 0 Å². The zero-order valence-corrected chi connectivity index (χ0v) is 17.8. The first-order valence-corrected chi connectivity index (χ1v) is 10.1. The number of hydrogen-bond acceptors (Lipinski definition) is 5. The molecule has 0 fully saturated rings. The Bertz CT molecular complexity index is 1020. The van der Waals surface area contributed by atoms with Crippen LogP contribution in [0.25, 0.3) is 0 Å². The van der Waals surface area contributed by atoms with Crippen LogP contribution in [0.3, 0.4) is 0 Å². The molecule has 28 heavy (non-hydrogen) atoms. The number of aryl methyl sites for hydroxylation is 1. The van der Waals surface area contributed by atoms with Gasteiger partial charge in [-0.3, -0.25) is 14.8 Å². The Kier molecular flexibility index (Phi) is 6.41. The van der Waals surface area contributed by atoms with Crippen LogP contribution in [-0.4, -0.2) is 20.9 Å². The van der Waals surface area contributed by atoms with E-state index in [4.69, 9.17) is 29.7 Å². The van der Waals surface area contributed by atoms with Crippen LogP contribution < -0.4 is 11.2 Å². The van der Waals surface area contributed by atoms with Gasteiger partial charge in [-0.1, -0.05) is 29.8 Å². The van der Waals surface area contributed by atoms with Gasteiger partial charge in [0.1, 0.15) is 5.00 Å². The van der Waals surface area contributed by atoms with Crippen molar-refractivity contribution in [2.75, 3.05) is 5.32 Å². The van der Waals surface area contributed by atoms with E-state index in [0.29, 0.717) is 32.8 Å². The van der Waals surface area contributed by atoms with E-state index in [9.17, 15) is 4.79 Å². The number of ketones is 1. The molecule has 0 saturated carbocycles. The summed E-state index contributed by atoms with van der Waals surface area (Å²) in [7, 11) is 0. The predicted octanol–water partition coefficient (Wildman–Crippen LogP) is 4.72. The topological polar surface area (TPSA) is 71.2 Å². The van der Waals surface area contributed by atoms with Gasteiger partial charge in [-0.15, -0.1) is 11.3 Å². The lowest BCUT2D eigenvalue weighted by Crippen LogP contribution is -2.39. The molecule has 0 atom stereocenters. The van der Waals surface area contributed by atoms with Crippen molar-refractivity contribution in [3.05, 3.63) is 80.9 Å². The number of nitrogens with zero attached hydrogens (tertiary/aromatic N) is 2. The van der Waals surface area contributed by atoms with Gasteiger partial charge >= 0.3 is 0 Å². The number of hydrazine groups is 1. The number of hydrogen-bond donors (Lipinski definition) is 2. The highest BCUT2D eigenvalue weighted by Gasteiger charge is 2.23. The van der Waals surface area contributed by atoms with Crippen LogP contribution in [-0.2, 0) is 6.54 Å². The number of nitrogens with one attached hydrogen (secondary N) is 1. The summed E-state index contributed by atoms with van der Waals surface area (Å²) in [5.41, 5.74) is 2.85. The molecule has 0 bridgehead atoms. The smallest absolute Gasteiger partial charge is 0.197 e. The predicted molar refractivity (Wildman–Crippen MR) is 119 cm³/mol. The minimum absolute atomic E-state index is 0.145. The largest absolute Gasteiger partial charge is 0.323 e. The summed E-state index contributed by atoms with van der Waals surface area (Å²) >= 11 is 13.1. The molecule has 0 aliphatic heterocycles. The van der Waals surface area contributed by atoms with Gasteiger partial charge in [-0.25, -0.2) is 5.84 Å². The van der Waals surface area contributed by atoms with Gasteiger partial charge in [-0.2, -0.15) is 0 Å². The highest BCUT2D eigenvalue weighted by Crippen LogP contribution is 2.35. The second-order valence-electron chi connectivity index (χ2n) is 6.22. The third-order valence-corrected chi connectivity index (χ3v) is 6.08. The van der Waals surface area contributed by atoms with E-state index in [1.54, 1.807) is 36.7 Å². The third-order valence-electron chi connectivity index (χ3n) is 4.29. The SMILES string of the molecule is Cc1sc(NC(=S)N(N)Cc2cccnc2)c(C(=O)c2ccccc2Cl)c1C. The van der Waals surface area contributed by atoms with Gasteiger partial charge in [-0.05, 0) is 55.4 Å². The fourth-order valence-electron chi connectivity index (χ4n) is 2.70. The quantitative estimate of drug-likeness (QED) is 0.264. The normalized spacial score (nSPS) is 10.6. The summed E-state index contributed by atoms with van der Waals surface area (Å²) in [6, 6.07) is 10.8. The molecule has 0 amide bonds. The first-order chi connectivity index (χ1) is 13.4. The maximum absolute atomic E-state index is 13.2. The van der Waals surface area contributed by atoms with Gasteiger partial charge in [0.25, 0.3) is 0 Å². The second-order valence-corrected chi connectivity index (χ2v) is 8.23. The number of benzene rings is 1. The lowest BCUT2D eigenvalue weighted by molar-refractivity contribution is 0.103. The minimum Gasteiger partial charge on any atom is -0.323 e. The maximum atomic E-state index is 13.2. The molecule has 1 aromatic carbocycles. The number of thiocarbonyl (C=S) groups is 1. The van der Waals surface area contributed by atoms with Crippen LogP contribution in [0.1, 0.15) is 31.9 Å². The standard InChI is InChI=1S/C20H19ClN4OS2/c1-12-13(2)28-19(17(12)18(26)15-7-3-4-8-16(15)21)24-20(27)25(22)11-14-6-5-9-23-10-14/h3-10H,11,22H2,1-2H3,(H,24,27). The van der Waals surface area contributed by atoms with Crippen molar-refractivity contribution < 1.29 is 4.79 Å². The van der Waals surface area contributed by atoms with Crippen LogP contribution >= 0.6 is 35.2 Å². The van der Waals surface area contributed by atoms with Crippen molar-refractivity contribution in [2.24, 2.45) is 5.84 Å². The fourth-order valence-corrected chi connectivity index (χ4v) is 4.21. The van der Waals surface area contributed by atoms with Crippen molar-refractivity contribution >= 4 is 51.1 Å². The molecular formula is C20H19ClN4OS2. The van der Waals surface area contributed by atoms with E-state index in [1.807, 2.05) is 26.0 Å². The number of halogens is 1. The number of rotatable bonds is 5. The van der Waals surface area contributed by atoms with Crippen LogP contribution in [0.2, 0.25) is 5.02 Å². The molecule has 144 valence electrons. The zero-order chi connectivity index (χ0) is 20.3. The van der Waals surface area contributed by atoms with E-state index in [2.05, 4.69) is 10.3 Å². The lowest BCUT2D eigenvalue weighted by Gasteiger charge is -2.20. The molecule has 0 saturated heterocycles. The van der Waals surface area contributed by atoms with E-state index in [-0.39, 0.29) is 5.78 Å². The van der Waals surface area contributed by atoms with Gasteiger partial charge in [0, 0.05) is 22.8 Å². The van der Waals surface area contributed by atoms with Crippen molar-refractivity contribution in [3.8, 4) is 0 Å². The molecule has 5 nitrogen and oxygen atoms in total. The molecule has 0 radical (unpaired) electrons. The molecule has 0 aliphatic carbocycles. The number of thiophene rings is 1. The van der Waals surface area contributed by atoms with Gasteiger partial charge in [0.05, 0.1) is 17.1 Å². The van der Waals surface area contributed by atoms with E-state index < -0.39 is 0 Å². The third kappa shape index (κ3) is 4.39. The first kappa shape index (κ1) is 20.4. The fraction of sp³-hybridized carbons (Fsp3) is 0.150. The average molecular weight is 431 g/mol. The monoisotopic (exact) mass is 430 g/mol. The Morgan fingerprint density at radius 2 is 2.04 bits per heavy atom. The van der Waals surface area contributed by atoms with Crippen molar-refractivity contribution in [2.45, 2.75) is 20.4 Å². The Hall–Kier alpha value is -2.32. The summed E-state index contributed by atoms with van der Waals surface area (Å²) < 4.78 is 0. The van der Waals surface area contributed by atoms with Gasteiger partial charge in [0.2, 0.25) is 0 Å². The lowest BCUT2D eigenvalue weighted by atomic mass is 10.0. The number of nitrogens with two attached hydrogens (primary N) is 1. The van der Waals surface area contributed by atoms with Crippen LogP contribution in [0.4, 0.5) is 5.00 Å². The molecule has 3 aromatic rings. The number of pyridine rings is 1. The molecule has 3 rings (SSSR count). The molecular weight excluding hydrogens is 412 g/mol. The highest BCUT2D eigenvalue weighted by atomic mass is 35.5. The zero-order valence-electron chi connectivity index (χ0n) is 15.4. The second kappa shape index (κ2) is 8.79. The van der Waals surface area contributed by atoms with Crippen molar-refractivity contribution in [3.63, 3.8) is 0 Å². The van der Waals surface area contributed by atoms with Crippen LogP contribution in [0, 0.1) is 13.8 Å². The summed E-state index contributed by atoms with van der Waals surface area (Å²) in [4.78, 5) is 18.2. The highest BCUT2D eigenvalue weighted by molar-refractivity contribution is 7.80. The van der Waals surface area contributed by atoms with Crippen LogP contribution in [0.15, 0.2) is 48.8 Å². The number of anilines is 1. The minimum atomic E-state index is -0.145. The Balaban J connectivity index is 1.85. The molecule has 2 aromatic heterocycles. The van der Waals surface area contributed by atoms with Gasteiger partial charge in [0.15, 0.2) is 10.9 Å². The summed E-state index contributed by atoms with van der Waals surface area (Å²) in [6.07, 6.45) is 3.43. The molecule has 0 aliphatic rings. The Labute approximate surface area is 178 Å². The first-order valence-electron chi connectivity index (χ1n) is 8.49.